The van der Waals surface area contributed by atoms with Gasteiger partial charge in [0.2, 0.25) is 0 Å². The van der Waals surface area contributed by atoms with Crippen molar-refractivity contribution in [3.63, 3.8) is 0 Å². The Labute approximate surface area is 160 Å². The monoisotopic (exact) mass is 369 g/mol. The molecule has 3 rings (SSSR count). The van der Waals surface area contributed by atoms with Gasteiger partial charge in [0.05, 0.1) is 5.69 Å². The smallest absolute Gasteiger partial charge is 0.319 e. The van der Waals surface area contributed by atoms with Gasteiger partial charge in [-0.2, -0.15) is 0 Å². The molecular formula is C20H27N5O2. The van der Waals surface area contributed by atoms with Crippen LogP contribution in [0.3, 0.4) is 0 Å². The van der Waals surface area contributed by atoms with E-state index in [1.165, 1.54) is 0 Å². The Morgan fingerprint density at radius 1 is 1.26 bits per heavy atom. The molecule has 2 heterocycles. The second-order valence-corrected chi connectivity index (χ2v) is 7.05. The van der Waals surface area contributed by atoms with E-state index in [1.54, 1.807) is 18.6 Å². The number of anilines is 1. The van der Waals surface area contributed by atoms with Gasteiger partial charge in [0.15, 0.2) is 0 Å². The summed E-state index contributed by atoms with van der Waals surface area (Å²) in [6.45, 7) is 4.07. The third-order valence-electron chi connectivity index (χ3n) is 4.59. The van der Waals surface area contributed by atoms with Crippen molar-refractivity contribution in [2.45, 2.75) is 38.3 Å². The second-order valence-electron chi connectivity index (χ2n) is 7.05. The molecule has 1 aliphatic heterocycles. The molecule has 2 N–H and O–H groups in total. The summed E-state index contributed by atoms with van der Waals surface area (Å²) in [6.07, 6.45) is 7.98. The molecule has 2 aromatic rings. The van der Waals surface area contributed by atoms with Crippen LogP contribution in [0, 0.1) is 0 Å². The summed E-state index contributed by atoms with van der Waals surface area (Å²) >= 11 is 0. The first-order valence-electron chi connectivity index (χ1n) is 9.36. The summed E-state index contributed by atoms with van der Waals surface area (Å²) in [6, 6.07) is 7.23. The lowest BCUT2D eigenvalue weighted by molar-refractivity contribution is 0.114. The Balaban J connectivity index is 1.44. The van der Waals surface area contributed by atoms with Crippen molar-refractivity contribution in [3.05, 3.63) is 48.5 Å². The molecule has 1 aromatic carbocycles. The first kappa shape index (κ1) is 19.1. The zero-order valence-corrected chi connectivity index (χ0v) is 15.9. The molecule has 1 aromatic heterocycles. The molecule has 1 fully saturated rings. The SMILES string of the molecule is C[C@@H](Cc1cnccn1)NC(=O)Nc1ccc(OC2CCN(C)CC2)cc1. The zero-order valence-electron chi connectivity index (χ0n) is 15.9. The van der Waals surface area contributed by atoms with Crippen molar-refractivity contribution in [1.82, 2.24) is 20.2 Å². The molecule has 0 saturated carbocycles. The van der Waals surface area contributed by atoms with Gasteiger partial charge in [-0.1, -0.05) is 0 Å². The second kappa shape index (κ2) is 9.32. The van der Waals surface area contributed by atoms with E-state index in [0.29, 0.717) is 6.42 Å². The Bertz CT molecular complexity index is 715. The fourth-order valence-electron chi connectivity index (χ4n) is 3.10. The highest BCUT2D eigenvalue weighted by Gasteiger charge is 2.18. The van der Waals surface area contributed by atoms with Crippen molar-refractivity contribution < 1.29 is 9.53 Å². The zero-order chi connectivity index (χ0) is 19.1. The van der Waals surface area contributed by atoms with Gasteiger partial charge in [0.1, 0.15) is 11.9 Å². The summed E-state index contributed by atoms with van der Waals surface area (Å²) in [5.41, 5.74) is 1.58. The Morgan fingerprint density at radius 3 is 2.67 bits per heavy atom. The van der Waals surface area contributed by atoms with Gasteiger partial charge in [-0.15, -0.1) is 0 Å². The number of hydrogen-bond acceptors (Lipinski definition) is 5. The standard InChI is InChI=1S/C20H27N5O2/c1-15(13-17-14-21-9-10-22-17)23-20(26)24-16-3-5-18(6-4-16)27-19-7-11-25(2)12-8-19/h3-6,9-10,14-15,19H,7-8,11-13H2,1-2H3,(H2,23,24,26)/t15-/m0/s1. The number of carbonyl (C=O) groups is 1. The molecule has 2 amide bonds. The molecule has 27 heavy (non-hydrogen) atoms. The highest BCUT2D eigenvalue weighted by Crippen LogP contribution is 2.20. The van der Waals surface area contributed by atoms with E-state index in [-0.39, 0.29) is 18.2 Å². The molecule has 0 bridgehead atoms. The lowest BCUT2D eigenvalue weighted by Crippen LogP contribution is -2.37. The number of piperidine rings is 1. The first-order valence-corrected chi connectivity index (χ1v) is 9.36. The highest BCUT2D eigenvalue weighted by molar-refractivity contribution is 5.89. The van der Waals surface area contributed by atoms with Crippen LogP contribution in [0.2, 0.25) is 0 Å². The van der Waals surface area contributed by atoms with Crippen LogP contribution in [0.4, 0.5) is 10.5 Å². The topological polar surface area (TPSA) is 79.4 Å². The number of nitrogens with zero attached hydrogens (tertiary/aromatic N) is 3. The highest BCUT2D eigenvalue weighted by atomic mass is 16.5. The van der Waals surface area contributed by atoms with E-state index in [1.807, 2.05) is 31.2 Å². The maximum absolute atomic E-state index is 12.2. The van der Waals surface area contributed by atoms with E-state index in [0.717, 1.165) is 43.1 Å². The van der Waals surface area contributed by atoms with E-state index in [4.69, 9.17) is 4.74 Å². The van der Waals surface area contributed by atoms with Crippen LogP contribution in [-0.4, -0.2) is 53.2 Å². The number of carbonyl (C=O) groups excluding carboxylic acids is 1. The molecular weight excluding hydrogens is 342 g/mol. The van der Waals surface area contributed by atoms with Crippen LogP contribution in [0.15, 0.2) is 42.9 Å². The summed E-state index contributed by atoms with van der Waals surface area (Å²) in [4.78, 5) is 22.7. The number of nitrogens with one attached hydrogen (secondary N) is 2. The van der Waals surface area contributed by atoms with Crippen LogP contribution < -0.4 is 15.4 Å². The van der Waals surface area contributed by atoms with Crippen LogP contribution in [0.5, 0.6) is 5.75 Å². The maximum Gasteiger partial charge on any atom is 0.319 e. The van der Waals surface area contributed by atoms with E-state index in [9.17, 15) is 4.79 Å². The summed E-state index contributed by atoms with van der Waals surface area (Å²) in [5, 5.41) is 5.75. The van der Waals surface area contributed by atoms with Gasteiger partial charge >= 0.3 is 6.03 Å². The van der Waals surface area contributed by atoms with Crippen molar-refractivity contribution in [2.24, 2.45) is 0 Å². The van der Waals surface area contributed by atoms with Crippen LogP contribution in [0.25, 0.3) is 0 Å². The van der Waals surface area contributed by atoms with Crippen molar-refractivity contribution in [3.8, 4) is 5.75 Å². The number of urea groups is 1. The number of rotatable bonds is 6. The number of ether oxygens (including phenoxy) is 1. The van der Waals surface area contributed by atoms with Crippen molar-refractivity contribution in [2.75, 3.05) is 25.5 Å². The van der Waals surface area contributed by atoms with Gasteiger partial charge < -0.3 is 20.3 Å². The molecule has 144 valence electrons. The summed E-state index contributed by atoms with van der Waals surface area (Å²) in [7, 11) is 2.13. The number of hydrogen-bond donors (Lipinski definition) is 2. The molecule has 0 radical (unpaired) electrons. The molecule has 0 spiro atoms. The molecule has 7 heteroatoms. The van der Waals surface area contributed by atoms with E-state index < -0.39 is 0 Å². The normalized spacial score (nSPS) is 16.5. The lowest BCUT2D eigenvalue weighted by atomic mass is 10.1. The first-order chi connectivity index (χ1) is 13.1. The number of likely N-dealkylation sites (tertiary alicyclic amines) is 1. The quantitative estimate of drug-likeness (QED) is 0.818. The summed E-state index contributed by atoms with van der Waals surface area (Å²) in [5.74, 6) is 0.839. The average molecular weight is 369 g/mol. The minimum atomic E-state index is -0.240. The Kier molecular flexibility index (Phi) is 6.59. The van der Waals surface area contributed by atoms with Crippen LogP contribution >= 0.6 is 0 Å². The lowest BCUT2D eigenvalue weighted by Gasteiger charge is -2.29. The van der Waals surface area contributed by atoms with Gasteiger partial charge in [0.25, 0.3) is 0 Å². The van der Waals surface area contributed by atoms with E-state index in [2.05, 4.69) is 32.5 Å². The Hall–Kier alpha value is -2.67. The number of aromatic nitrogens is 2. The van der Waals surface area contributed by atoms with Gasteiger partial charge in [-0.3, -0.25) is 9.97 Å². The van der Waals surface area contributed by atoms with Gasteiger partial charge in [-0.25, -0.2) is 4.79 Å². The third kappa shape index (κ3) is 6.21. The predicted molar refractivity (Wildman–Crippen MR) is 105 cm³/mol. The van der Waals surface area contributed by atoms with Crippen LogP contribution in [0.1, 0.15) is 25.5 Å². The minimum Gasteiger partial charge on any atom is -0.490 e. The van der Waals surface area contributed by atoms with Crippen LogP contribution in [-0.2, 0) is 6.42 Å². The van der Waals surface area contributed by atoms with Crippen molar-refractivity contribution >= 4 is 11.7 Å². The fraction of sp³-hybridized carbons (Fsp3) is 0.450. The Morgan fingerprint density at radius 2 is 2.00 bits per heavy atom. The molecule has 1 saturated heterocycles. The molecule has 1 aliphatic rings. The van der Waals surface area contributed by atoms with E-state index >= 15 is 0 Å². The summed E-state index contributed by atoms with van der Waals surface area (Å²) < 4.78 is 6.03. The molecule has 7 nitrogen and oxygen atoms in total. The largest absolute Gasteiger partial charge is 0.490 e. The maximum atomic E-state index is 12.2. The van der Waals surface area contributed by atoms with Crippen molar-refractivity contribution in [1.29, 1.82) is 0 Å². The molecule has 0 unspecified atom stereocenters. The number of amides is 2. The fourth-order valence-corrected chi connectivity index (χ4v) is 3.10. The minimum absolute atomic E-state index is 0.0475. The van der Waals surface area contributed by atoms with Gasteiger partial charge in [0, 0.05) is 49.8 Å². The predicted octanol–water partition coefficient (Wildman–Crippen LogP) is 2.70. The molecule has 0 aliphatic carbocycles. The molecule has 1 atom stereocenters. The average Bonchev–Trinajstić information content (AvgIpc) is 2.66. The third-order valence-corrected chi connectivity index (χ3v) is 4.59. The number of benzene rings is 1. The van der Waals surface area contributed by atoms with Gasteiger partial charge in [-0.05, 0) is 51.1 Å².